The molecule has 1 heterocycles. The lowest BCUT2D eigenvalue weighted by atomic mass is 9.88. The molecule has 0 spiro atoms. The van der Waals surface area contributed by atoms with Crippen LogP contribution < -0.4 is 10.9 Å². The van der Waals surface area contributed by atoms with Crippen molar-refractivity contribution in [2.45, 2.75) is 38.1 Å². The van der Waals surface area contributed by atoms with E-state index in [-0.39, 0.29) is 17.4 Å². The molecule has 4 atom stereocenters. The minimum absolute atomic E-state index is 0.0314. The monoisotopic (exact) mass is 385 g/mol. The molecule has 0 aliphatic heterocycles. The second-order valence-electron chi connectivity index (χ2n) is 8.56. The SMILES string of the molecule is N#CC(Cc1ccc2c(c1)[nH]c(=O)c1ccccc12)NC(=O)[C@H]1C[C@@H]2CC[C@H]1C2. The fraction of sp³-hybridized carbons (Fsp3) is 0.375. The van der Waals surface area contributed by atoms with Crippen molar-refractivity contribution in [1.82, 2.24) is 10.3 Å². The molecule has 1 unspecified atom stereocenters. The highest BCUT2D eigenvalue weighted by Crippen LogP contribution is 2.48. The van der Waals surface area contributed by atoms with Crippen molar-refractivity contribution < 1.29 is 4.79 Å². The Morgan fingerprint density at radius 2 is 1.97 bits per heavy atom. The Hall–Kier alpha value is -3.13. The van der Waals surface area contributed by atoms with Gasteiger partial charge >= 0.3 is 0 Å². The van der Waals surface area contributed by atoms with Crippen molar-refractivity contribution in [2.24, 2.45) is 17.8 Å². The van der Waals surface area contributed by atoms with Crippen LogP contribution in [0.3, 0.4) is 0 Å². The largest absolute Gasteiger partial charge is 0.340 e. The molecular weight excluding hydrogens is 362 g/mol. The third-order valence-corrected chi connectivity index (χ3v) is 6.78. The van der Waals surface area contributed by atoms with E-state index in [2.05, 4.69) is 16.4 Å². The number of aromatic amines is 1. The zero-order valence-electron chi connectivity index (χ0n) is 16.2. The summed E-state index contributed by atoms with van der Waals surface area (Å²) in [6.45, 7) is 0. The van der Waals surface area contributed by atoms with Crippen molar-refractivity contribution in [3.63, 3.8) is 0 Å². The third kappa shape index (κ3) is 3.19. The topological polar surface area (TPSA) is 85.8 Å². The van der Waals surface area contributed by atoms with Gasteiger partial charge in [0.05, 0.1) is 6.07 Å². The van der Waals surface area contributed by atoms with E-state index in [4.69, 9.17) is 0 Å². The highest BCUT2D eigenvalue weighted by molar-refractivity contribution is 6.05. The van der Waals surface area contributed by atoms with Crippen LogP contribution in [0.5, 0.6) is 0 Å². The maximum absolute atomic E-state index is 12.7. The van der Waals surface area contributed by atoms with Crippen molar-refractivity contribution in [3.05, 3.63) is 58.4 Å². The predicted octanol–water partition coefficient (Wildman–Crippen LogP) is 3.67. The van der Waals surface area contributed by atoms with Crippen LogP contribution in [-0.2, 0) is 11.2 Å². The van der Waals surface area contributed by atoms with E-state index in [1.165, 1.54) is 12.8 Å². The molecule has 3 aromatic rings. The second kappa shape index (κ2) is 7.04. The summed E-state index contributed by atoms with van der Waals surface area (Å²) in [5.74, 6) is 1.30. The highest BCUT2D eigenvalue weighted by Gasteiger charge is 2.43. The number of amides is 1. The van der Waals surface area contributed by atoms with Gasteiger partial charge in [0.15, 0.2) is 0 Å². The van der Waals surface area contributed by atoms with Crippen LogP contribution in [0.4, 0.5) is 0 Å². The van der Waals surface area contributed by atoms with E-state index in [9.17, 15) is 14.9 Å². The molecule has 5 nitrogen and oxygen atoms in total. The molecule has 2 aliphatic rings. The zero-order chi connectivity index (χ0) is 20.0. The standard InChI is InChI=1S/C24H23N3O2/c25-13-17(26-24(29)21-11-14-5-7-16(21)9-14)10-15-6-8-19-18-3-1-2-4-20(18)23(28)27-22(19)12-15/h1-4,6,8,12,14,16-17,21H,5,7,9-11H2,(H,26,29)(H,27,28)/t14-,16+,17?,21+/m1/s1. The fourth-order valence-electron chi connectivity index (χ4n) is 5.37. The Bertz CT molecular complexity index is 1210. The van der Waals surface area contributed by atoms with Gasteiger partial charge < -0.3 is 10.3 Å². The number of hydrogen-bond acceptors (Lipinski definition) is 3. The number of carbonyl (C=O) groups is 1. The minimum Gasteiger partial charge on any atom is -0.340 e. The number of carbonyl (C=O) groups excluding carboxylic acids is 1. The summed E-state index contributed by atoms with van der Waals surface area (Å²) in [5.41, 5.74) is 1.55. The number of benzene rings is 2. The second-order valence-corrected chi connectivity index (χ2v) is 8.56. The molecule has 2 aliphatic carbocycles. The Kier molecular flexibility index (Phi) is 4.35. The van der Waals surface area contributed by atoms with E-state index >= 15 is 0 Å². The van der Waals surface area contributed by atoms with Crippen LogP contribution in [0.2, 0.25) is 0 Å². The van der Waals surface area contributed by atoms with Crippen molar-refractivity contribution in [2.75, 3.05) is 0 Å². The summed E-state index contributed by atoms with van der Waals surface area (Å²) >= 11 is 0. The molecule has 1 amide bonds. The average Bonchev–Trinajstić information content (AvgIpc) is 3.37. The van der Waals surface area contributed by atoms with Gasteiger partial charge in [0.2, 0.25) is 5.91 Å². The van der Waals surface area contributed by atoms with Crippen LogP contribution in [0.1, 0.15) is 31.2 Å². The Balaban J connectivity index is 1.37. The smallest absolute Gasteiger partial charge is 0.256 e. The van der Waals surface area contributed by atoms with E-state index in [0.717, 1.165) is 34.7 Å². The molecule has 2 aromatic carbocycles. The lowest BCUT2D eigenvalue weighted by Crippen LogP contribution is -2.41. The summed E-state index contributed by atoms with van der Waals surface area (Å²) in [7, 11) is 0. The maximum Gasteiger partial charge on any atom is 0.256 e. The molecule has 5 rings (SSSR count). The van der Waals surface area contributed by atoms with Crippen LogP contribution in [-0.4, -0.2) is 16.9 Å². The molecule has 2 bridgehead atoms. The van der Waals surface area contributed by atoms with Crippen LogP contribution in [0, 0.1) is 29.1 Å². The summed E-state index contributed by atoms with van der Waals surface area (Å²) in [6.07, 6.45) is 4.96. The van der Waals surface area contributed by atoms with E-state index < -0.39 is 6.04 Å². The number of rotatable bonds is 4. The quantitative estimate of drug-likeness (QED) is 0.672. The van der Waals surface area contributed by atoms with Gasteiger partial charge in [0.25, 0.3) is 5.56 Å². The lowest BCUT2D eigenvalue weighted by molar-refractivity contribution is -0.126. The summed E-state index contributed by atoms with van der Waals surface area (Å²) in [6, 6.07) is 15.1. The first-order valence-corrected chi connectivity index (χ1v) is 10.4. The Morgan fingerprint density at radius 1 is 1.14 bits per heavy atom. The number of nitriles is 1. The summed E-state index contributed by atoms with van der Waals surface area (Å²) in [5, 5.41) is 15.1. The Morgan fingerprint density at radius 3 is 2.69 bits per heavy atom. The van der Waals surface area contributed by atoms with Crippen molar-refractivity contribution in [1.29, 1.82) is 5.26 Å². The number of H-pyrrole nitrogens is 1. The fourth-order valence-corrected chi connectivity index (χ4v) is 5.37. The summed E-state index contributed by atoms with van der Waals surface area (Å²) in [4.78, 5) is 28.0. The normalized spacial score (nSPS) is 23.9. The number of nitrogens with zero attached hydrogens (tertiary/aromatic N) is 1. The van der Waals surface area contributed by atoms with Crippen LogP contribution >= 0.6 is 0 Å². The molecule has 2 N–H and O–H groups in total. The lowest BCUT2D eigenvalue weighted by Gasteiger charge is -2.22. The molecule has 0 radical (unpaired) electrons. The van der Waals surface area contributed by atoms with E-state index in [1.807, 2.05) is 42.5 Å². The van der Waals surface area contributed by atoms with Gasteiger partial charge in [-0.1, -0.05) is 36.8 Å². The number of pyridine rings is 1. The van der Waals surface area contributed by atoms with Crippen molar-refractivity contribution in [3.8, 4) is 6.07 Å². The first-order valence-electron chi connectivity index (χ1n) is 10.4. The molecule has 2 fully saturated rings. The maximum atomic E-state index is 12.7. The minimum atomic E-state index is -0.564. The van der Waals surface area contributed by atoms with Crippen molar-refractivity contribution >= 4 is 27.6 Å². The number of aromatic nitrogens is 1. The van der Waals surface area contributed by atoms with Gasteiger partial charge in [-0.25, -0.2) is 0 Å². The van der Waals surface area contributed by atoms with Crippen LogP contribution in [0.15, 0.2) is 47.3 Å². The molecule has 1 aromatic heterocycles. The highest BCUT2D eigenvalue weighted by atomic mass is 16.2. The number of hydrogen-bond donors (Lipinski definition) is 2. The summed E-state index contributed by atoms with van der Waals surface area (Å²) < 4.78 is 0. The van der Waals surface area contributed by atoms with Gasteiger partial charge in [-0.15, -0.1) is 0 Å². The van der Waals surface area contributed by atoms with E-state index in [1.54, 1.807) is 0 Å². The van der Waals surface area contributed by atoms with Crippen LogP contribution in [0.25, 0.3) is 21.7 Å². The van der Waals surface area contributed by atoms with E-state index in [0.29, 0.717) is 23.6 Å². The molecule has 5 heteroatoms. The average molecular weight is 385 g/mol. The van der Waals surface area contributed by atoms with Gasteiger partial charge in [-0.2, -0.15) is 5.26 Å². The zero-order valence-corrected chi connectivity index (χ0v) is 16.2. The predicted molar refractivity (Wildman–Crippen MR) is 112 cm³/mol. The number of fused-ring (bicyclic) bond motifs is 5. The number of nitrogens with one attached hydrogen (secondary N) is 2. The van der Waals surface area contributed by atoms with Gasteiger partial charge in [-0.05, 0) is 54.2 Å². The molecule has 2 saturated carbocycles. The van der Waals surface area contributed by atoms with Gasteiger partial charge in [-0.3, -0.25) is 9.59 Å². The molecular formula is C24H23N3O2. The first-order chi connectivity index (χ1) is 14.1. The molecule has 146 valence electrons. The molecule has 0 saturated heterocycles. The van der Waals surface area contributed by atoms with Gasteiger partial charge in [0.1, 0.15) is 6.04 Å². The van der Waals surface area contributed by atoms with Gasteiger partial charge in [0, 0.05) is 28.6 Å². The third-order valence-electron chi connectivity index (χ3n) is 6.78. The first kappa shape index (κ1) is 17.9. The Labute approximate surface area is 168 Å². The molecule has 29 heavy (non-hydrogen) atoms.